The monoisotopic (exact) mass is 451 g/mol. The summed E-state index contributed by atoms with van der Waals surface area (Å²) in [5.74, 6) is 0.535. The van der Waals surface area contributed by atoms with Crippen molar-refractivity contribution in [3.05, 3.63) is 11.1 Å². The van der Waals surface area contributed by atoms with Crippen molar-refractivity contribution in [1.29, 1.82) is 0 Å². The molecule has 0 aromatic carbocycles. The van der Waals surface area contributed by atoms with Crippen LogP contribution < -0.4 is 10.6 Å². The molecule has 3 N–H and O–H groups in total. The molecule has 0 unspecified atom stereocenters. The number of nitrogens with one attached hydrogen (secondary N) is 2. The van der Waals surface area contributed by atoms with E-state index in [9.17, 15) is 14.4 Å². The SMILES string of the molecule is CNc1nc(C(=O)N2C[C@H]3C[C@@H](C2)[C@H](CNC(C)=O)N2C(=O)CCC[C@@H]32)cs1.O=CO. The molecule has 11 heteroatoms. The number of hydrogen-bond donors (Lipinski definition) is 3. The largest absolute Gasteiger partial charge is 0.483 e. The molecule has 170 valence electrons. The first-order chi connectivity index (χ1) is 14.9. The van der Waals surface area contributed by atoms with E-state index in [2.05, 4.69) is 15.6 Å². The highest BCUT2D eigenvalue weighted by molar-refractivity contribution is 7.13. The van der Waals surface area contributed by atoms with Crippen molar-refractivity contribution < 1.29 is 24.3 Å². The zero-order valence-electron chi connectivity index (χ0n) is 17.7. The maximum absolute atomic E-state index is 13.0. The van der Waals surface area contributed by atoms with Gasteiger partial charge in [-0.1, -0.05) is 0 Å². The Morgan fingerprint density at radius 3 is 2.71 bits per heavy atom. The maximum Gasteiger partial charge on any atom is 0.290 e. The van der Waals surface area contributed by atoms with Crippen molar-refractivity contribution in [2.45, 2.75) is 44.7 Å². The molecule has 0 saturated carbocycles. The van der Waals surface area contributed by atoms with E-state index in [0.29, 0.717) is 37.7 Å². The number of amides is 3. The fourth-order valence-corrected chi connectivity index (χ4v) is 5.75. The van der Waals surface area contributed by atoms with Gasteiger partial charge < -0.3 is 25.5 Å². The number of rotatable bonds is 4. The number of anilines is 1. The average molecular weight is 452 g/mol. The molecular formula is C20H29N5O5S. The Hall–Kier alpha value is -2.69. The van der Waals surface area contributed by atoms with Crippen LogP contribution in [0.15, 0.2) is 5.38 Å². The number of likely N-dealkylation sites (tertiary alicyclic amines) is 1. The van der Waals surface area contributed by atoms with E-state index >= 15 is 0 Å². The highest BCUT2D eigenvalue weighted by Crippen LogP contribution is 2.41. The lowest BCUT2D eigenvalue weighted by molar-refractivity contribution is -0.151. The molecule has 0 spiro atoms. The van der Waals surface area contributed by atoms with E-state index in [-0.39, 0.29) is 42.2 Å². The molecular weight excluding hydrogens is 422 g/mol. The summed E-state index contributed by atoms with van der Waals surface area (Å²) in [6, 6.07) is 0.118. The zero-order valence-corrected chi connectivity index (χ0v) is 18.6. The summed E-state index contributed by atoms with van der Waals surface area (Å²) in [4.78, 5) is 53.9. The van der Waals surface area contributed by atoms with Gasteiger partial charge >= 0.3 is 0 Å². The average Bonchev–Trinajstić information content (AvgIpc) is 3.23. The quantitative estimate of drug-likeness (QED) is 0.579. The first-order valence-corrected chi connectivity index (χ1v) is 11.3. The van der Waals surface area contributed by atoms with Gasteiger partial charge in [-0.25, -0.2) is 4.98 Å². The van der Waals surface area contributed by atoms with E-state index < -0.39 is 0 Å². The molecule has 4 heterocycles. The number of carbonyl (C=O) groups is 4. The van der Waals surface area contributed by atoms with Crippen molar-refractivity contribution in [1.82, 2.24) is 20.1 Å². The first-order valence-electron chi connectivity index (χ1n) is 10.5. The van der Waals surface area contributed by atoms with Crippen molar-refractivity contribution in [2.75, 3.05) is 32.0 Å². The molecule has 3 aliphatic rings. The summed E-state index contributed by atoms with van der Waals surface area (Å²) in [6.45, 7) is 2.97. The molecule has 0 aliphatic carbocycles. The van der Waals surface area contributed by atoms with Crippen LogP contribution in [0.1, 0.15) is 43.1 Å². The number of thiazole rings is 1. The molecule has 4 atom stereocenters. The fourth-order valence-electron chi connectivity index (χ4n) is 5.10. The van der Waals surface area contributed by atoms with Gasteiger partial charge in [-0.05, 0) is 31.1 Å². The molecule has 31 heavy (non-hydrogen) atoms. The van der Waals surface area contributed by atoms with Gasteiger partial charge in [-0.3, -0.25) is 19.2 Å². The molecule has 3 amide bonds. The van der Waals surface area contributed by atoms with E-state index in [1.165, 1.54) is 18.3 Å². The summed E-state index contributed by atoms with van der Waals surface area (Å²) < 4.78 is 0. The van der Waals surface area contributed by atoms with Crippen LogP contribution in [-0.2, 0) is 14.4 Å². The second kappa shape index (κ2) is 10.1. The summed E-state index contributed by atoms with van der Waals surface area (Å²) in [7, 11) is 1.79. The third kappa shape index (κ3) is 4.97. The molecule has 3 fully saturated rings. The van der Waals surface area contributed by atoms with Crippen LogP contribution in [0.5, 0.6) is 0 Å². The normalized spacial score (nSPS) is 26.8. The first kappa shape index (κ1) is 23.0. The predicted molar refractivity (Wildman–Crippen MR) is 115 cm³/mol. The Labute approximate surface area is 185 Å². The number of aromatic nitrogens is 1. The van der Waals surface area contributed by atoms with Crippen LogP contribution in [0, 0.1) is 11.8 Å². The van der Waals surface area contributed by atoms with Gasteiger partial charge in [0.1, 0.15) is 5.69 Å². The molecule has 0 radical (unpaired) electrons. The number of fused-ring (bicyclic) bond motifs is 4. The Morgan fingerprint density at radius 1 is 1.35 bits per heavy atom. The van der Waals surface area contributed by atoms with E-state index in [4.69, 9.17) is 9.90 Å². The molecule has 2 bridgehead atoms. The Morgan fingerprint density at radius 2 is 2.06 bits per heavy atom. The Kier molecular flexibility index (Phi) is 7.47. The number of nitrogens with zero attached hydrogens (tertiary/aromatic N) is 3. The smallest absolute Gasteiger partial charge is 0.290 e. The van der Waals surface area contributed by atoms with Crippen LogP contribution in [0.4, 0.5) is 5.13 Å². The Balaban J connectivity index is 0.000000858. The molecule has 1 aromatic rings. The minimum absolute atomic E-state index is 0.0405. The molecule has 4 rings (SSSR count). The van der Waals surface area contributed by atoms with Crippen LogP contribution in [0.25, 0.3) is 0 Å². The van der Waals surface area contributed by atoms with Crippen molar-refractivity contribution in [3.63, 3.8) is 0 Å². The summed E-state index contributed by atoms with van der Waals surface area (Å²) >= 11 is 1.42. The van der Waals surface area contributed by atoms with Gasteiger partial charge in [-0.15, -0.1) is 11.3 Å². The van der Waals surface area contributed by atoms with Crippen LogP contribution >= 0.6 is 11.3 Å². The van der Waals surface area contributed by atoms with Gasteiger partial charge in [0.15, 0.2) is 5.13 Å². The van der Waals surface area contributed by atoms with Gasteiger partial charge in [0, 0.05) is 51.4 Å². The molecule has 10 nitrogen and oxygen atoms in total. The fraction of sp³-hybridized carbons (Fsp3) is 0.650. The van der Waals surface area contributed by atoms with Gasteiger partial charge in [0.25, 0.3) is 12.4 Å². The highest BCUT2D eigenvalue weighted by atomic mass is 32.1. The van der Waals surface area contributed by atoms with Crippen LogP contribution in [0.3, 0.4) is 0 Å². The zero-order chi connectivity index (χ0) is 22.5. The van der Waals surface area contributed by atoms with E-state index in [1.54, 1.807) is 12.4 Å². The Bertz CT molecular complexity index is 831. The number of piperidine rings is 3. The number of hydrogen-bond acceptors (Lipinski definition) is 7. The summed E-state index contributed by atoms with van der Waals surface area (Å²) in [5, 5.41) is 15.3. The number of carbonyl (C=O) groups excluding carboxylic acids is 3. The molecule has 3 saturated heterocycles. The van der Waals surface area contributed by atoms with Crippen molar-refractivity contribution in [3.8, 4) is 0 Å². The topological polar surface area (TPSA) is 132 Å². The standard InChI is InChI=1S/C19H27N5O3S.CH2O2/c1-11(25)21-7-16-13-6-12(15-4-3-5-17(26)24(15)16)8-23(9-13)18(27)14-10-28-19(20-2)22-14;2-1-3/h10,12-13,15-16H,3-9H2,1-2H3,(H,20,22)(H,21,25);1H,(H,2,3)/t12-,13+,15+,16+;/m1./s1. The lowest BCUT2D eigenvalue weighted by Gasteiger charge is -2.56. The molecule has 1 aromatic heterocycles. The maximum atomic E-state index is 13.0. The lowest BCUT2D eigenvalue weighted by atomic mass is 9.72. The van der Waals surface area contributed by atoms with E-state index in [0.717, 1.165) is 24.4 Å². The van der Waals surface area contributed by atoms with Gasteiger partial charge in [0.05, 0.1) is 6.04 Å². The highest BCUT2D eigenvalue weighted by Gasteiger charge is 2.50. The van der Waals surface area contributed by atoms with E-state index in [1.807, 2.05) is 9.80 Å². The second-order valence-electron chi connectivity index (χ2n) is 8.12. The summed E-state index contributed by atoms with van der Waals surface area (Å²) in [6.07, 6.45) is 3.46. The molecule has 3 aliphatic heterocycles. The minimum Gasteiger partial charge on any atom is -0.483 e. The third-order valence-corrected chi connectivity index (χ3v) is 7.14. The lowest BCUT2D eigenvalue weighted by Crippen LogP contribution is -2.67. The number of carboxylic acid groups (broad SMARTS) is 1. The predicted octanol–water partition coefficient (Wildman–Crippen LogP) is 0.863. The summed E-state index contributed by atoms with van der Waals surface area (Å²) in [5.41, 5.74) is 0.476. The van der Waals surface area contributed by atoms with Crippen molar-refractivity contribution in [2.24, 2.45) is 11.8 Å². The van der Waals surface area contributed by atoms with Crippen LogP contribution in [-0.4, -0.2) is 82.8 Å². The van der Waals surface area contributed by atoms with Crippen molar-refractivity contribution >= 4 is 40.7 Å². The third-order valence-electron chi connectivity index (χ3n) is 6.28. The van der Waals surface area contributed by atoms with Crippen LogP contribution in [0.2, 0.25) is 0 Å². The second-order valence-corrected chi connectivity index (χ2v) is 8.98. The minimum atomic E-state index is -0.250. The van der Waals surface area contributed by atoms with Gasteiger partial charge in [-0.2, -0.15) is 0 Å². The van der Waals surface area contributed by atoms with Gasteiger partial charge in [0.2, 0.25) is 11.8 Å².